The zero-order valence-corrected chi connectivity index (χ0v) is 14.4. The van der Waals surface area contributed by atoms with E-state index in [0.717, 1.165) is 18.2 Å². The van der Waals surface area contributed by atoms with Crippen LogP contribution in [0.25, 0.3) is 0 Å². The zero-order chi connectivity index (χ0) is 17.3. The summed E-state index contributed by atoms with van der Waals surface area (Å²) < 4.78 is 32.4. The first-order valence-electron chi connectivity index (χ1n) is 6.34. The fourth-order valence-electron chi connectivity index (χ4n) is 2.05. The minimum atomic E-state index is -0.937. The third-order valence-corrected chi connectivity index (χ3v) is 4.59. The lowest BCUT2D eigenvalue weighted by Gasteiger charge is -2.12. The highest BCUT2D eigenvalue weighted by Crippen LogP contribution is 2.31. The summed E-state index contributed by atoms with van der Waals surface area (Å²) in [4.78, 5) is 24.1. The van der Waals surface area contributed by atoms with Gasteiger partial charge in [-0.2, -0.15) is 0 Å². The van der Waals surface area contributed by atoms with Crippen LogP contribution in [0.3, 0.4) is 0 Å². The summed E-state index contributed by atoms with van der Waals surface area (Å²) in [6.45, 7) is 1.53. The molecule has 0 amide bonds. The molecule has 0 N–H and O–H groups in total. The van der Waals surface area contributed by atoms with E-state index in [4.69, 9.17) is 11.6 Å². The van der Waals surface area contributed by atoms with Gasteiger partial charge in [-0.05, 0) is 52.7 Å². The number of ether oxygens (including phenoxy) is 1. The molecule has 0 aromatic heterocycles. The topological polar surface area (TPSA) is 43.4 Å². The molecule has 0 atom stereocenters. The van der Waals surface area contributed by atoms with Crippen LogP contribution >= 0.6 is 27.5 Å². The highest BCUT2D eigenvalue weighted by Gasteiger charge is 2.25. The Labute approximate surface area is 144 Å². The molecule has 120 valence electrons. The summed E-state index contributed by atoms with van der Waals surface area (Å²) in [5.74, 6) is -3.13. The third-order valence-electron chi connectivity index (χ3n) is 3.27. The minimum absolute atomic E-state index is 0.00241. The van der Waals surface area contributed by atoms with Gasteiger partial charge in [0.25, 0.3) is 0 Å². The van der Waals surface area contributed by atoms with Gasteiger partial charge >= 0.3 is 5.97 Å². The summed E-state index contributed by atoms with van der Waals surface area (Å²) in [5, 5.41) is -0.00241. The van der Waals surface area contributed by atoms with E-state index in [1.165, 1.54) is 20.1 Å². The van der Waals surface area contributed by atoms with Crippen molar-refractivity contribution in [1.82, 2.24) is 0 Å². The molecule has 0 radical (unpaired) electrons. The maximum Gasteiger partial charge on any atom is 0.338 e. The Bertz CT molecular complexity index is 821. The van der Waals surface area contributed by atoms with Crippen LogP contribution in [0.5, 0.6) is 0 Å². The number of rotatable bonds is 3. The molecule has 0 heterocycles. The van der Waals surface area contributed by atoms with Gasteiger partial charge < -0.3 is 4.74 Å². The number of hydrogen-bond donors (Lipinski definition) is 0. The standard InChI is InChI=1S/C16H10BrClF2O3/c1-7-9(16(22)23-2)6-12(20)13(14(7)17)15(21)10-5-8(19)3-4-11(10)18/h3-6H,1-2H3. The highest BCUT2D eigenvalue weighted by atomic mass is 79.9. The molecule has 0 aliphatic rings. The summed E-state index contributed by atoms with van der Waals surface area (Å²) in [7, 11) is 1.17. The molecule has 0 saturated heterocycles. The molecule has 0 aliphatic carbocycles. The normalized spacial score (nSPS) is 10.5. The number of ketones is 1. The van der Waals surface area contributed by atoms with E-state index in [2.05, 4.69) is 20.7 Å². The van der Waals surface area contributed by atoms with Gasteiger partial charge in [-0.25, -0.2) is 13.6 Å². The SMILES string of the molecule is COC(=O)c1cc(F)c(C(=O)c2cc(F)ccc2Cl)c(Br)c1C. The molecule has 2 aromatic carbocycles. The van der Waals surface area contributed by atoms with E-state index in [-0.39, 0.29) is 26.2 Å². The molecule has 7 heteroatoms. The highest BCUT2D eigenvalue weighted by molar-refractivity contribution is 9.10. The van der Waals surface area contributed by atoms with E-state index in [0.29, 0.717) is 5.56 Å². The van der Waals surface area contributed by atoms with Crippen molar-refractivity contribution >= 4 is 39.3 Å². The second kappa shape index (κ2) is 6.76. The van der Waals surface area contributed by atoms with E-state index in [1.54, 1.807) is 0 Å². The first kappa shape index (κ1) is 17.6. The van der Waals surface area contributed by atoms with Crippen molar-refractivity contribution < 1.29 is 23.1 Å². The summed E-state index contributed by atoms with van der Waals surface area (Å²) in [6.07, 6.45) is 0. The summed E-state index contributed by atoms with van der Waals surface area (Å²) >= 11 is 9.01. The molecule has 2 aromatic rings. The monoisotopic (exact) mass is 402 g/mol. The number of esters is 1. The minimum Gasteiger partial charge on any atom is -0.465 e. The Balaban J connectivity index is 2.65. The van der Waals surface area contributed by atoms with Crippen molar-refractivity contribution in [2.24, 2.45) is 0 Å². The molecule has 0 fully saturated rings. The predicted molar refractivity (Wildman–Crippen MR) is 85.0 cm³/mol. The summed E-state index contributed by atoms with van der Waals surface area (Å²) in [5.41, 5.74) is -0.188. The first-order chi connectivity index (χ1) is 10.8. The number of carbonyl (C=O) groups is 2. The van der Waals surface area contributed by atoms with Gasteiger partial charge in [-0.3, -0.25) is 4.79 Å². The molecule has 0 bridgehead atoms. The van der Waals surface area contributed by atoms with Crippen LogP contribution in [0.1, 0.15) is 31.8 Å². The molecule has 2 rings (SSSR count). The first-order valence-corrected chi connectivity index (χ1v) is 7.51. The van der Waals surface area contributed by atoms with Crippen LogP contribution in [-0.2, 0) is 4.74 Å². The molecule has 23 heavy (non-hydrogen) atoms. The second-order valence-corrected chi connectivity index (χ2v) is 5.87. The van der Waals surface area contributed by atoms with Crippen molar-refractivity contribution in [2.45, 2.75) is 6.92 Å². The molecular weight excluding hydrogens is 394 g/mol. The van der Waals surface area contributed by atoms with Crippen molar-refractivity contribution in [1.29, 1.82) is 0 Å². The summed E-state index contributed by atoms with van der Waals surface area (Å²) in [6, 6.07) is 4.15. The zero-order valence-electron chi connectivity index (χ0n) is 12.0. The lowest BCUT2D eigenvalue weighted by atomic mass is 9.98. The quantitative estimate of drug-likeness (QED) is 0.551. The Hall–Kier alpha value is -1.79. The van der Waals surface area contributed by atoms with E-state index in [9.17, 15) is 18.4 Å². The Morgan fingerprint density at radius 3 is 2.43 bits per heavy atom. The predicted octanol–water partition coefficient (Wildman–Crippen LogP) is 4.71. The average molecular weight is 404 g/mol. The van der Waals surface area contributed by atoms with Gasteiger partial charge in [0.2, 0.25) is 0 Å². The van der Waals surface area contributed by atoms with Crippen LogP contribution in [0, 0.1) is 18.6 Å². The molecule has 0 aliphatic heterocycles. The van der Waals surface area contributed by atoms with Gasteiger partial charge in [-0.1, -0.05) is 11.6 Å². The van der Waals surface area contributed by atoms with E-state index < -0.39 is 23.4 Å². The lowest BCUT2D eigenvalue weighted by Crippen LogP contribution is -2.12. The van der Waals surface area contributed by atoms with Crippen molar-refractivity contribution in [3.05, 3.63) is 67.6 Å². The molecular formula is C16H10BrClF2O3. The number of methoxy groups -OCH3 is 1. The number of halogens is 4. The third kappa shape index (κ3) is 3.28. The van der Waals surface area contributed by atoms with Crippen molar-refractivity contribution in [2.75, 3.05) is 7.11 Å². The van der Waals surface area contributed by atoms with Crippen LogP contribution < -0.4 is 0 Å². The molecule has 0 saturated carbocycles. The van der Waals surface area contributed by atoms with Crippen LogP contribution in [0.2, 0.25) is 5.02 Å². The van der Waals surface area contributed by atoms with Crippen LogP contribution in [-0.4, -0.2) is 18.9 Å². The molecule has 0 unspecified atom stereocenters. The van der Waals surface area contributed by atoms with Crippen molar-refractivity contribution in [3.8, 4) is 0 Å². The number of hydrogen-bond acceptors (Lipinski definition) is 3. The lowest BCUT2D eigenvalue weighted by molar-refractivity contribution is 0.0599. The van der Waals surface area contributed by atoms with Gasteiger partial charge in [0.15, 0.2) is 5.78 Å². The van der Waals surface area contributed by atoms with Gasteiger partial charge in [0, 0.05) is 10.0 Å². The van der Waals surface area contributed by atoms with Gasteiger partial charge in [0.1, 0.15) is 11.6 Å². The maximum atomic E-state index is 14.4. The fraction of sp³-hybridized carbons (Fsp3) is 0.125. The van der Waals surface area contributed by atoms with E-state index in [1.807, 2.05) is 0 Å². The number of benzene rings is 2. The van der Waals surface area contributed by atoms with Crippen molar-refractivity contribution in [3.63, 3.8) is 0 Å². The Morgan fingerprint density at radius 2 is 1.83 bits per heavy atom. The van der Waals surface area contributed by atoms with Crippen LogP contribution in [0.15, 0.2) is 28.7 Å². The number of carbonyl (C=O) groups excluding carboxylic acids is 2. The Morgan fingerprint density at radius 1 is 1.17 bits per heavy atom. The second-order valence-electron chi connectivity index (χ2n) is 4.66. The fourth-order valence-corrected chi connectivity index (χ4v) is 2.84. The van der Waals surface area contributed by atoms with Gasteiger partial charge in [-0.15, -0.1) is 0 Å². The molecule has 0 spiro atoms. The largest absolute Gasteiger partial charge is 0.465 e. The van der Waals surface area contributed by atoms with Crippen LogP contribution in [0.4, 0.5) is 8.78 Å². The smallest absolute Gasteiger partial charge is 0.338 e. The van der Waals surface area contributed by atoms with E-state index >= 15 is 0 Å². The average Bonchev–Trinajstić information content (AvgIpc) is 2.52. The van der Waals surface area contributed by atoms with Gasteiger partial charge in [0.05, 0.1) is 23.3 Å². The molecule has 3 nitrogen and oxygen atoms in total. The Kier molecular flexibility index (Phi) is 5.16. The maximum absolute atomic E-state index is 14.4.